The lowest BCUT2D eigenvalue weighted by atomic mass is 10.3. The van der Waals surface area contributed by atoms with Crippen LogP contribution in [0.25, 0.3) is 0 Å². The second-order valence-electron chi connectivity index (χ2n) is 3.46. The van der Waals surface area contributed by atoms with E-state index in [4.69, 9.17) is 0 Å². The van der Waals surface area contributed by atoms with Crippen molar-refractivity contribution in [1.82, 2.24) is 19.8 Å². The molecule has 1 aliphatic heterocycles. The van der Waals surface area contributed by atoms with Crippen molar-refractivity contribution in [1.29, 1.82) is 0 Å². The zero-order chi connectivity index (χ0) is 11.7. The Morgan fingerprint density at radius 1 is 1.44 bits per heavy atom. The van der Waals surface area contributed by atoms with Crippen LogP contribution in [0, 0.1) is 0 Å². The Bertz CT molecular complexity index is 445. The molecule has 0 saturated carbocycles. The van der Waals surface area contributed by atoms with Gasteiger partial charge in [-0.25, -0.2) is 9.78 Å². The van der Waals surface area contributed by atoms with Crippen LogP contribution in [-0.4, -0.2) is 32.3 Å². The Morgan fingerprint density at radius 3 is 2.75 bits per heavy atom. The standard InChI is InChI=1S/C9H10N4O3/c1-12-3-2-10-6(12)5-13-8(15)4-7(14)11-9(13)16/h2-3H,4-5H2,1H3,(H,11,14,16). The van der Waals surface area contributed by atoms with Crippen LogP contribution < -0.4 is 5.32 Å². The molecule has 0 unspecified atom stereocenters. The summed E-state index contributed by atoms with van der Waals surface area (Å²) in [5, 5.41) is 2.08. The number of urea groups is 1. The molecule has 7 heteroatoms. The van der Waals surface area contributed by atoms with Crippen LogP contribution in [0.5, 0.6) is 0 Å². The predicted molar refractivity (Wildman–Crippen MR) is 51.9 cm³/mol. The van der Waals surface area contributed by atoms with Crippen LogP contribution >= 0.6 is 0 Å². The van der Waals surface area contributed by atoms with Gasteiger partial charge in [0.2, 0.25) is 11.8 Å². The first-order chi connectivity index (χ1) is 7.58. The van der Waals surface area contributed by atoms with Gasteiger partial charge in [0.1, 0.15) is 12.2 Å². The van der Waals surface area contributed by atoms with E-state index in [-0.39, 0.29) is 13.0 Å². The van der Waals surface area contributed by atoms with Gasteiger partial charge in [-0.3, -0.25) is 19.8 Å². The van der Waals surface area contributed by atoms with Gasteiger partial charge in [-0.15, -0.1) is 0 Å². The number of carbonyl (C=O) groups excluding carboxylic acids is 3. The minimum atomic E-state index is -0.691. The topological polar surface area (TPSA) is 84.3 Å². The first kappa shape index (κ1) is 10.3. The third kappa shape index (κ3) is 1.79. The highest BCUT2D eigenvalue weighted by atomic mass is 16.2. The van der Waals surface area contributed by atoms with Crippen LogP contribution in [0.2, 0.25) is 0 Å². The zero-order valence-corrected chi connectivity index (χ0v) is 8.64. The fraction of sp³-hybridized carbons (Fsp3) is 0.333. The number of aromatic nitrogens is 2. The average molecular weight is 222 g/mol. The Labute approximate surface area is 91.0 Å². The third-order valence-corrected chi connectivity index (χ3v) is 2.32. The van der Waals surface area contributed by atoms with E-state index in [0.29, 0.717) is 5.82 Å². The Hall–Kier alpha value is -2.18. The summed E-state index contributed by atoms with van der Waals surface area (Å²) in [6, 6.07) is -0.691. The molecule has 0 spiro atoms. The van der Waals surface area contributed by atoms with Gasteiger partial charge >= 0.3 is 6.03 Å². The van der Waals surface area contributed by atoms with Crippen molar-refractivity contribution >= 4 is 17.8 Å². The second kappa shape index (κ2) is 3.76. The monoisotopic (exact) mass is 222 g/mol. The molecule has 7 nitrogen and oxygen atoms in total. The van der Waals surface area contributed by atoms with Crippen molar-refractivity contribution in [2.24, 2.45) is 7.05 Å². The lowest BCUT2D eigenvalue weighted by Crippen LogP contribution is -2.52. The molecule has 1 aromatic rings. The van der Waals surface area contributed by atoms with E-state index in [9.17, 15) is 14.4 Å². The molecule has 1 fully saturated rings. The van der Waals surface area contributed by atoms with Gasteiger partial charge < -0.3 is 4.57 Å². The molecule has 2 rings (SSSR count). The lowest BCUT2D eigenvalue weighted by molar-refractivity contribution is -0.136. The molecule has 0 aromatic carbocycles. The Balaban J connectivity index is 2.15. The van der Waals surface area contributed by atoms with Gasteiger partial charge in [-0.05, 0) is 0 Å². The number of carbonyl (C=O) groups is 3. The summed E-state index contributed by atoms with van der Waals surface area (Å²) in [7, 11) is 1.76. The summed E-state index contributed by atoms with van der Waals surface area (Å²) in [4.78, 5) is 38.7. The number of hydrogen-bond donors (Lipinski definition) is 1. The van der Waals surface area contributed by atoms with Crippen LogP contribution in [0.1, 0.15) is 12.2 Å². The molecule has 84 valence electrons. The van der Waals surface area contributed by atoms with Crippen molar-refractivity contribution < 1.29 is 14.4 Å². The summed E-state index contributed by atoms with van der Waals surface area (Å²) in [6.45, 7) is 0.0709. The maximum absolute atomic E-state index is 11.5. The molecule has 16 heavy (non-hydrogen) atoms. The fourth-order valence-corrected chi connectivity index (χ4v) is 1.43. The van der Waals surface area contributed by atoms with Crippen LogP contribution in [0.15, 0.2) is 12.4 Å². The van der Waals surface area contributed by atoms with Gasteiger partial charge in [0, 0.05) is 19.4 Å². The van der Waals surface area contributed by atoms with Crippen LogP contribution in [0.4, 0.5) is 4.79 Å². The normalized spacial score (nSPS) is 16.6. The third-order valence-electron chi connectivity index (χ3n) is 2.32. The van der Waals surface area contributed by atoms with Crippen molar-refractivity contribution in [2.75, 3.05) is 0 Å². The molecule has 0 aliphatic carbocycles. The van der Waals surface area contributed by atoms with Crippen molar-refractivity contribution in [2.45, 2.75) is 13.0 Å². The van der Waals surface area contributed by atoms with E-state index >= 15 is 0 Å². The largest absolute Gasteiger partial charge is 0.337 e. The van der Waals surface area contributed by atoms with Gasteiger partial charge in [0.15, 0.2) is 0 Å². The maximum atomic E-state index is 11.5. The molecule has 1 saturated heterocycles. The predicted octanol–water partition coefficient (Wildman–Crippen LogP) is -0.611. The van der Waals surface area contributed by atoms with Crippen LogP contribution in [0.3, 0.4) is 0 Å². The molecule has 1 N–H and O–H groups in total. The quantitative estimate of drug-likeness (QED) is 0.676. The smallest absolute Gasteiger partial charge is 0.331 e. The number of barbiturate groups is 1. The number of amides is 4. The zero-order valence-electron chi connectivity index (χ0n) is 8.64. The number of imidazole rings is 1. The molecule has 4 amide bonds. The number of nitrogens with zero attached hydrogens (tertiary/aromatic N) is 3. The molecular weight excluding hydrogens is 212 g/mol. The molecule has 0 radical (unpaired) electrons. The molecule has 0 bridgehead atoms. The summed E-state index contributed by atoms with van der Waals surface area (Å²) in [5.41, 5.74) is 0. The van der Waals surface area contributed by atoms with Crippen molar-refractivity contribution in [3.63, 3.8) is 0 Å². The molecule has 0 atom stereocenters. The molecule has 1 aromatic heterocycles. The molecule has 1 aliphatic rings. The SMILES string of the molecule is Cn1ccnc1CN1C(=O)CC(=O)NC1=O. The first-order valence-corrected chi connectivity index (χ1v) is 4.68. The highest BCUT2D eigenvalue weighted by Gasteiger charge is 2.31. The summed E-state index contributed by atoms with van der Waals surface area (Å²) in [6.07, 6.45) is 3.00. The van der Waals surface area contributed by atoms with E-state index in [2.05, 4.69) is 10.3 Å². The minimum absolute atomic E-state index is 0.0709. The second-order valence-corrected chi connectivity index (χ2v) is 3.46. The number of nitrogens with one attached hydrogen (secondary N) is 1. The van der Waals surface area contributed by atoms with Gasteiger partial charge in [-0.1, -0.05) is 0 Å². The van der Waals surface area contributed by atoms with Gasteiger partial charge in [0.25, 0.3) is 0 Å². The van der Waals surface area contributed by atoms with Gasteiger partial charge in [-0.2, -0.15) is 0 Å². The number of hydrogen-bond acceptors (Lipinski definition) is 4. The lowest BCUT2D eigenvalue weighted by Gasteiger charge is -2.24. The number of aryl methyl sites for hydroxylation is 1. The van der Waals surface area contributed by atoms with E-state index < -0.39 is 17.8 Å². The number of rotatable bonds is 2. The van der Waals surface area contributed by atoms with E-state index in [1.54, 1.807) is 24.0 Å². The maximum Gasteiger partial charge on any atom is 0.331 e. The van der Waals surface area contributed by atoms with Crippen LogP contribution in [-0.2, 0) is 23.2 Å². The molecular formula is C9H10N4O3. The highest BCUT2D eigenvalue weighted by Crippen LogP contribution is 2.07. The van der Waals surface area contributed by atoms with Crippen molar-refractivity contribution in [3.8, 4) is 0 Å². The van der Waals surface area contributed by atoms with Crippen molar-refractivity contribution in [3.05, 3.63) is 18.2 Å². The Morgan fingerprint density at radius 2 is 2.19 bits per heavy atom. The Kier molecular flexibility index (Phi) is 2.43. The van der Waals surface area contributed by atoms with Gasteiger partial charge in [0.05, 0.1) is 6.54 Å². The average Bonchev–Trinajstić information content (AvgIpc) is 2.57. The summed E-state index contributed by atoms with van der Waals surface area (Å²) >= 11 is 0. The summed E-state index contributed by atoms with van der Waals surface area (Å²) < 4.78 is 1.71. The number of imide groups is 2. The summed E-state index contributed by atoms with van der Waals surface area (Å²) in [5.74, 6) is -0.485. The van der Waals surface area contributed by atoms with E-state index in [1.807, 2.05) is 0 Å². The first-order valence-electron chi connectivity index (χ1n) is 4.68. The molecule has 2 heterocycles. The van der Waals surface area contributed by atoms with E-state index in [1.165, 1.54) is 0 Å². The van der Waals surface area contributed by atoms with E-state index in [0.717, 1.165) is 4.90 Å². The minimum Gasteiger partial charge on any atom is -0.337 e. The highest BCUT2D eigenvalue weighted by molar-refractivity contribution is 6.13. The fourth-order valence-electron chi connectivity index (χ4n) is 1.43.